The summed E-state index contributed by atoms with van der Waals surface area (Å²) in [6.07, 6.45) is 1.63. The van der Waals surface area contributed by atoms with Crippen molar-refractivity contribution in [2.45, 2.75) is 13.0 Å². The van der Waals surface area contributed by atoms with E-state index in [9.17, 15) is 14.9 Å². The summed E-state index contributed by atoms with van der Waals surface area (Å²) in [5, 5.41) is 20.3. The molecule has 7 nitrogen and oxygen atoms in total. The zero-order chi connectivity index (χ0) is 24.2. The van der Waals surface area contributed by atoms with Gasteiger partial charge in [0.15, 0.2) is 0 Å². The Labute approximate surface area is 204 Å². The van der Waals surface area contributed by atoms with Crippen molar-refractivity contribution >= 4 is 46.0 Å². The molecule has 170 valence electrons. The fourth-order valence-electron chi connectivity index (χ4n) is 3.54. The number of carboxylic acids is 1. The number of fused-ring (bicyclic) bond motifs is 1. The molecule has 1 amide bonds. The number of hydrogen-bond acceptors (Lipinski definition) is 4. The Morgan fingerprint density at radius 2 is 1.88 bits per heavy atom. The number of rotatable bonds is 7. The number of carbonyl (C=O) groups excluding carboxylic acids is 1. The number of nitriles is 1. The van der Waals surface area contributed by atoms with Crippen LogP contribution in [0.1, 0.15) is 27.0 Å². The summed E-state index contributed by atoms with van der Waals surface area (Å²) in [6, 6.07) is 19.1. The van der Waals surface area contributed by atoms with Crippen molar-refractivity contribution in [2.75, 3.05) is 0 Å². The number of halogens is 2. The van der Waals surface area contributed by atoms with Crippen LogP contribution >= 0.6 is 23.2 Å². The predicted molar refractivity (Wildman–Crippen MR) is 128 cm³/mol. The topological polar surface area (TPSA) is 104 Å². The number of aliphatic carboxylic acids is 1. The SMILES string of the molecule is N#Cc1cc(CC(=O)O)ccc1-n1ccc2cc(C(=O)NOCc3ccc(Cl)cc3Cl)ccc21. The van der Waals surface area contributed by atoms with Crippen LogP contribution in [-0.4, -0.2) is 21.6 Å². The second-order valence-electron chi connectivity index (χ2n) is 7.45. The lowest BCUT2D eigenvalue weighted by molar-refractivity contribution is -0.136. The number of nitrogens with zero attached hydrogens (tertiary/aromatic N) is 2. The lowest BCUT2D eigenvalue weighted by Crippen LogP contribution is -2.23. The van der Waals surface area contributed by atoms with Crippen LogP contribution in [0.3, 0.4) is 0 Å². The summed E-state index contributed by atoms with van der Waals surface area (Å²) in [5.41, 5.74) is 5.78. The van der Waals surface area contributed by atoms with Gasteiger partial charge < -0.3 is 9.67 Å². The van der Waals surface area contributed by atoms with Crippen molar-refractivity contribution in [2.24, 2.45) is 0 Å². The Morgan fingerprint density at radius 1 is 1.06 bits per heavy atom. The highest BCUT2D eigenvalue weighted by molar-refractivity contribution is 6.35. The highest BCUT2D eigenvalue weighted by atomic mass is 35.5. The molecule has 9 heteroatoms. The summed E-state index contributed by atoms with van der Waals surface area (Å²) in [7, 11) is 0. The van der Waals surface area contributed by atoms with Crippen molar-refractivity contribution in [1.29, 1.82) is 5.26 Å². The molecule has 0 bridgehead atoms. The number of carbonyl (C=O) groups is 2. The van der Waals surface area contributed by atoms with Gasteiger partial charge in [-0.3, -0.25) is 14.4 Å². The van der Waals surface area contributed by atoms with E-state index >= 15 is 0 Å². The second kappa shape index (κ2) is 9.98. The Morgan fingerprint density at radius 3 is 2.62 bits per heavy atom. The summed E-state index contributed by atoms with van der Waals surface area (Å²) in [4.78, 5) is 28.8. The molecular formula is C25H17Cl2N3O4. The summed E-state index contributed by atoms with van der Waals surface area (Å²) < 4.78 is 1.82. The first-order chi connectivity index (χ1) is 16.4. The highest BCUT2D eigenvalue weighted by Crippen LogP contribution is 2.25. The number of nitrogens with one attached hydrogen (secondary N) is 1. The molecule has 34 heavy (non-hydrogen) atoms. The minimum atomic E-state index is -0.964. The van der Waals surface area contributed by atoms with Gasteiger partial charge in [-0.15, -0.1) is 0 Å². The maximum atomic E-state index is 12.5. The van der Waals surface area contributed by atoms with E-state index in [0.717, 1.165) is 10.9 Å². The number of hydrogen-bond donors (Lipinski definition) is 2. The van der Waals surface area contributed by atoms with E-state index in [1.807, 2.05) is 10.6 Å². The number of hydroxylamine groups is 1. The van der Waals surface area contributed by atoms with Gasteiger partial charge in [-0.05, 0) is 59.7 Å². The smallest absolute Gasteiger partial charge is 0.307 e. The van der Waals surface area contributed by atoms with Gasteiger partial charge in [-0.25, -0.2) is 5.48 Å². The third-order valence-electron chi connectivity index (χ3n) is 5.16. The second-order valence-corrected chi connectivity index (χ2v) is 8.29. The fraction of sp³-hybridized carbons (Fsp3) is 0.0800. The molecule has 4 aromatic rings. The molecule has 0 aliphatic rings. The van der Waals surface area contributed by atoms with E-state index in [2.05, 4.69) is 11.5 Å². The maximum absolute atomic E-state index is 12.5. The van der Waals surface area contributed by atoms with E-state index < -0.39 is 11.9 Å². The molecule has 0 radical (unpaired) electrons. The minimum Gasteiger partial charge on any atom is -0.481 e. The molecule has 1 heterocycles. The van der Waals surface area contributed by atoms with Gasteiger partial charge in [-0.2, -0.15) is 5.26 Å². The van der Waals surface area contributed by atoms with E-state index in [4.69, 9.17) is 33.1 Å². The minimum absolute atomic E-state index is 0.0785. The number of benzene rings is 3. The first kappa shape index (κ1) is 23.3. The van der Waals surface area contributed by atoms with Crippen LogP contribution in [0, 0.1) is 11.3 Å². The van der Waals surface area contributed by atoms with E-state index in [1.54, 1.807) is 60.8 Å². The van der Waals surface area contributed by atoms with E-state index in [1.165, 1.54) is 0 Å². The van der Waals surface area contributed by atoms with Gasteiger partial charge in [0, 0.05) is 27.2 Å². The number of aromatic nitrogens is 1. The quantitative estimate of drug-likeness (QED) is 0.340. The Hall–Kier alpha value is -3.83. The first-order valence-corrected chi connectivity index (χ1v) is 10.8. The monoisotopic (exact) mass is 493 g/mol. The summed E-state index contributed by atoms with van der Waals surface area (Å²) in [5.74, 6) is -1.38. The summed E-state index contributed by atoms with van der Waals surface area (Å²) >= 11 is 12.0. The van der Waals surface area contributed by atoms with Crippen LogP contribution in [-0.2, 0) is 22.7 Å². The van der Waals surface area contributed by atoms with Crippen molar-refractivity contribution < 1.29 is 19.5 Å². The van der Waals surface area contributed by atoms with Crippen molar-refractivity contribution in [3.63, 3.8) is 0 Å². The van der Waals surface area contributed by atoms with Crippen LogP contribution in [0.15, 0.2) is 66.9 Å². The molecule has 0 fully saturated rings. The van der Waals surface area contributed by atoms with Gasteiger partial charge in [0.2, 0.25) is 0 Å². The molecule has 2 N–H and O–H groups in total. The van der Waals surface area contributed by atoms with Crippen LogP contribution in [0.4, 0.5) is 0 Å². The van der Waals surface area contributed by atoms with Gasteiger partial charge >= 0.3 is 5.97 Å². The zero-order valence-electron chi connectivity index (χ0n) is 17.6. The molecule has 0 spiro atoms. The van der Waals surface area contributed by atoms with Gasteiger partial charge in [0.05, 0.1) is 23.2 Å². The third-order valence-corrected chi connectivity index (χ3v) is 5.74. The average Bonchev–Trinajstić information content (AvgIpc) is 3.23. The summed E-state index contributed by atoms with van der Waals surface area (Å²) in [6.45, 7) is 0.0785. The van der Waals surface area contributed by atoms with Crippen LogP contribution in [0.25, 0.3) is 16.6 Å². The molecule has 3 aromatic carbocycles. The molecule has 0 aliphatic heterocycles. The normalized spacial score (nSPS) is 10.7. The average molecular weight is 494 g/mol. The maximum Gasteiger partial charge on any atom is 0.307 e. The van der Waals surface area contributed by atoms with Crippen LogP contribution in [0.2, 0.25) is 10.0 Å². The molecular weight excluding hydrogens is 477 g/mol. The largest absolute Gasteiger partial charge is 0.481 e. The van der Waals surface area contributed by atoms with E-state index in [-0.39, 0.29) is 13.0 Å². The van der Waals surface area contributed by atoms with Crippen molar-refractivity contribution in [3.8, 4) is 11.8 Å². The molecule has 0 saturated carbocycles. The highest BCUT2D eigenvalue weighted by Gasteiger charge is 2.13. The Balaban J connectivity index is 1.51. The van der Waals surface area contributed by atoms with Gasteiger partial charge in [0.1, 0.15) is 12.7 Å². The molecule has 0 saturated heterocycles. The molecule has 0 unspecified atom stereocenters. The number of amides is 1. The van der Waals surface area contributed by atoms with Crippen LogP contribution in [0.5, 0.6) is 0 Å². The Kier molecular flexibility index (Phi) is 6.85. The standard InChI is InChI=1S/C25H17Cl2N3O4/c26-20-4-2-18(21(27)12-20)14-34-29-25(33)17-3-6-22-16(11-17)7-8-30(22)23-5-1-15(10-24(31)32)9-19(23)13-28/h1-9,11-12H,10,14H2,(H,29,33)(H,31,32). The lowest BCUT2D eigenvalue weighted by atomic mass is 10.1. The third kappa shape index (κ3) is 5.05. The molecule has 4 rings (SSSR count). The Bertz CT molecular complexity index is 1460. The van der Waals surface area contributed by atoms with Crippen molar-refractivity contribution in [1.82, 2.24) is 10.0 Å². The molecule has 0 aliphatic carbocycles. The fourth-order valence-corrected chi connectivity index (χ4v) is 4.00. The lowest BCUT2D eigenvalue weighted by Gasteiger charge is -2.10. The van der Waals surface area contributed by atoms with Gasteiger partial charge in [-0.1, -0.05) is 35.3 Å². The van der Waals surface area contributed by atoms with Crippen LogP contribution < -0.4 is 5.48 Å². The zero-order valence-corrected chi connectivity index (χ0v) is 19.1. The molecule has 1 aromatic heterocycles. The predicted octanol–water partition coefficient (Wildman–Crippen LogP) is 5.30. The van der Waals surface area contributed by atoms with Gasteiger partial charge in [0.25, 0.3) is 5.91 Å². The first-order valence-electron chi connectivity index (χ1n) is 10.1. The van der Waals surface area contributed by atoms with E-state index in [0.29, 0.717) is 38.0 Å². The van der Waals surface area contributed by atoms with Crippen molar-refractivity contribution in [3.05, 3.63) is 99.2 Å². The molecule has 0 atom stereocenters. The number of carboxylic acid groups (broad SMARTS) is 1.